The van der Waals surface area contributed by atoms with Gasteiger partial charge in [-0.25, -0.2) is 0 Å². The van der Waals surface area contributed by atoms with E-state index >= 15 is 0 Å². The van der Waals surface area contributed by atoms with Gasteiger partial charge >= 0.3 is 0 Å². The second-order valence-electron chi connectivity index (χ2n) is 7.23. The molecule has 0 bridgehead atoms. The van der Waals surface area contributed by atoms with Crippen molar-refractivity contribution in [1.82, 2.24) is 5.32 Å². The maximum Gasteiger partial charge on any atom is 0.223 e. The normalized spacial score (nSPS) is 25.6. The van der Waals surface area contributed by atoms with Crippen LogP contribution in [0.2, 0.25) is 5.02 Å². The lowest BCUT2D eigenvalue weighted by atomic mass is 9.73. The molecule has 1 aliphatic carbocycles. The van der Waals surface area contributed by atoms with Crippen LogP contribution in [-0.4, -0.2) is 38.8 Å². The van der Waals surface area contributed by atoms with Crippen molar-refractivity contribution >= 4 is 17.5 Å². The number of halogens is 1. The van der Waals surface area contributed by atoms with E-state index in [0.29, 0.717) is 24.8 Å². The van der Waals surface area contributed by atoms with Gasteiger partial charge in [0.15, 0.2) is 0 Å². The van der Waals surface area contributed by atoms with E-state index in [1.807, 2.05) is 18.2 Å². The Kier molecular flexibility index (Phi) is 5.87. The number of hydrogen-bond donors (Lipinski definition) is 2. The summed E-state index contributed by atoms with van der Waals surface area (Å²) < 4.78 is 11.1. The monoisotopic (exact) mass is 366 g/mol. The van der Waals surface area contributed by atoms with E-state index in [2.05, 4.69) is 5.32 Å². The molecular weight excluding hydrogens is 340 g/mol. The second kappa shape index (κ2) is 7.94. The molecule has 2 atom stereocenters. The van der Waals surface area contributed by atoms with Crippen LogP contribution in [0.15, 0.2) is 18.2 Å². The first-order chi connectivity index (χ1) is 12.0. The maximum atomic E-state index is 12.6. The zero-order valence-electron chi connectivity index (χ0n) is 14.7. The first-order valence-electron chi connectivity index (χ1n) is 8.99. The molecule has 6 heteroatoms. The molecule has 5 nitrogen and oxygen atoms in total. The molecule has 1 saturated carbocycles. The topological polar surface area (TPSA) is 73.6 Å². The van der Waals surface area contributed by atoms with Crippen LogP contribution in [0, 0.1) is 5.92 Å². The van der Waals surface area contributed by atoms with Gasteiger partial charge in [0.05, 0.1) is 7.11 Å². The van der Waals surface area contributed by atoms with E-state index in [1.54, 1.807) is 7.11 Å². The highest BCUT2D eigenvalue weighted by Crippen LogP contribution is 2.41. The highest BCUT2D eigenvalue weighted by molar-refractivity contribution is 6.30. The molecule has 0 spiro atoms. The summed E-state index contributed by atoms with van der Waals surface area (Å²) in [5.41, 5.74) is 6.78. The minimum Gasteiger partial charge on any atom is -0.496 e. The number of nitrogens with two attached hydrogens (primary N) is 1. The summed E-state index contributed by atoms with van der Waals surface area (Å²) in [5.74, 6) is 0.955. The van der Waals surface area contributed by atoms with E-state index in [4.69, 9.17) is 26.8 Å². The van der Waals surface area contributed by atoms with Crippen LogP contribution in [0.4, 0.5) is 0 Å². The zero-order valence-corrected chi connectivity index (χ0v) is 15.5. The Bertz CT molecular complexity index is 617. The number of carbonyl (C=O) groups is 1. The Morgan fingerprint density at radius 3 is 2.80 bits per heavy atom. The molecule has 138 valence electrons. The predicted octanol–water partition coefficient (Wildman–Crippen LogP) is 2.64. The summed E-state index contributed by atoms with van der Waals surface area (Å²) in [7, 11) is 1.66. The van der Waals surface area contributed by atoms with Gasteiger partial charge in [0, 0.05) is 47.7 Å². The Balaban J connectivity index is 1.79. The Morgan fingerprint density at radius 2 is 2.16 bits per heavy atom. The third kappa shape index (κ3) is 4.10. The molecule has 1 amide bonds. The van der Waals surface area contributed by atoms with Gasteiger partial charge in [0.2, 0.25) is 5.91 Å². The number of nitrogens with one attached hydrogen (secondary N) is 1. The van der Waals surface area contributed by atoms with Crippen LogP contribution in [0.5, 0.6) is 5.75 Å². The van der Waals surface area contributed by atoms with Gasteiger partial charge in [-0.3, -0.25) is 4.79 Å². The lowest BCUT2D eigenvalue weighted by molar-refractivity contribution is -0.125. The van der Waals surface area contributed by atoms with Crippen LogP contribution >= 0.6 is 11.6 Å². The summed E-state index contributed by atoms with van der Waals surface area (Å²) in [6, 6.07) is 5.84. The molecule has 3 N–H and O–H groups in total. The van der Waals surface area contributed by atoms with Crippen LogP contribution < -0.4 is 15.8 Å². The van der Waals surface area contributed by atoms with Crippen molar-refractivity contribution in [3.05, 3.63) is 28.8 Å². The predicted molar refractivity (Wildman–Crippen MR) is 98.1 cm³/mol. The molecule has 0 unspecified atom stereocenters. The molecule has 0 aromatic heterocycles. The fourth-order valence-electron chi connectivity index (χ4n) is 4.05. The minimum absolute atomic E-state index is 0.0353. The maximum absolute atomic E-state index is 12.6. The first-order valence-corrected chi connectivity index (χ1v) is 9.37. The van der Waals surface area contributed by atoms with Gasteiger partial charge < -0.3 is 20.5 Å². The molecule has 1 saturated heterocycles. The molecule has 0 radical (unpaired) electrons. The third-order valence-corrected chi connectivity index (χ3v) is 5.86. The third-order valence-electron chi connectivity index (χ3n) is 5.63. The van der Waals surface area contributed by atoms with Gasteiger partial charge in [-0.2, -0.15) is 0 Å². The van der Waals surface area contributed by atoms with Crippen molar-refractivity contribution in [3.8, 4) is 5.75 Å². The van der Waals surface area contributed by atoms with Crippen LogP contribution in [0.1, 0.15) is 37.7 Å². The van der Waals surface area contributed by atoms with Crippen molar-refractivity contribution in [1.29, 1.82) is 0 Å². The number of methoxy groups -OCH3 is 1. The number of rotatable bonds is 5. The molecule has 1 aromatic carbocycles. The molecule has 2 fully saturated rings. The van der Waals surface area contributed by atoms with Gasteiger partial charge in [-0.05, 0) is 50.3 Å². The van der Waals surface area contributed by atoms with E-state index in [0.717, 1.165) is 43.4 Å². The smallest absolute Gasteiger partial charge is 0.223 e. The van der Waals surface area contributed by atoms with Gasteiger partial charge in [0.25, 0.3) is 0 Å². The lowest BCUT2D eigenvalue weighted by Crippen LogP contribution is -2.46. The molecule has 25 heavy (non-hydrogen) atoms. The fraction of sp³-hybridized carbons (Fsp3) is 0.632. The summed E-state index contributed by atoms with van der Waals surface area (Å²) in [6.45, 7) is 1.90. The lowest BCUT2D eigenvalue weighted by Gasteiger charge is -2.39. The van der Waals surface area contributed by atoms with Gasteiger partial charge in [0.1, 0.15) is 5.75 Å². The summed E-state index contributed by atoms with van der Waals surface area (Å²) in [5, 5.41) is 3.85. The zero-order chi connectivity index (χ0) is 17.9. The van der Waals surface area contributed by atoms with E-state index < -0.39 is 0 Å². The van der Waals surface area contributed by atoms with E-state index in [-0.39, 0.29) is 23.3 Å². The number of ether oxygens (including phenoxy) is 2. The van der Waals surface area contributed by atoms with Crippen molar-refractivity contribution < 1.29 is 14.3 Å². The van der Waals surface area contributed by atoms with E-state index in [1.165, 1.54) is 0 Å². The van der Waals surface area contributed by atoms with Crippen molar-refractivity contribution in [2.75, 3.05) is 26.9 Å². The average molecular weight is 367 g/mol. The van der Waals surface area contributed by atoms with Crippen molar-refractivity contribution in [3.63, 3.8) is 0 Å². The number of hydrogen-bond acceptors (Lipinski definition) is 4. The summed E-state index contributed by atoms with van der Waals surface area (Å²) >= 11 is 6.25. The number of amides is 1. The van der Waals surface area contributed by atoms with Gasteiger partial charge in [-0.1, -0.05) is 11.6 Å². The number of carbonyl (C=O) groups excluding carboxylic acids is 1. The molecule has 1 aromatic rings. The highest BCUT2D eigenvalue weighted by atomic mass is 35.5. The average Bonchev–Trinajstić information content (AvgIpc) is 3.07. The van der Waals surface area contributed by atoms with Crippen molar-refractivity contribution in [2.24, 2.45) is 11.7 Å². The van der Waals surface area contributed by atoms with Crippen LogP contribution in [0.3, 0.4) is 0 Å². The SMILES string of the molecule is COc1ccc(Cl)cc1C1(CNC(=O)[C@H]2CC[C@H](N)C2)CCOCC1. The summed E-state index contributed by atoms with van der Waals surface area (Å²) in [6.07, 6.45) is 4.24. The Hall–Kier alpha value is -1.30. The van der Waals surface area contributed by atoms with Crippen LogP contribution in [0.25, 0.3) is 0 Å². The molecule has 2 aliphatic rings. The molecular formula is C19H27ClN2O3. The molecule has 1 aliphatic heterocycles. The standard InChI is InChI=1S/C19H27ClN2O3/c1-24-17-5-3-14(20)11-16(17)19(6-8-25-9-7-19)12-22-18(23)13-2-4-15(21)10-13/h3,5,11,13,15H,2,4,6-10,12,21H2,1H3,(H,22,23)/t13-,15-/m0/s1. The largest absolute Gasteiger partial charge is 0.496 e. The molecule has 1 heterocycles. The highest BCUT2D eigenvalue weighted by Gasteiger charge is 2.38. The Morgan fingerprint density at radius 1 is 1.40 bits per heavy atom. The minimum atomic E-state index is -0.217. The quantitative estimate of drug-likeness (QED) is 0.840. The fourth-order valence-corrected chi connectivity index (χ4v) is 4.23. The summed E-state index contributed by atoms with van der Waals surface area (Å²) in [4.78, 5) is 12.6. The Labute approximate surface area is 154 Å². The number of benzene rings is 1. The van der Waals surface area contributed by atoms with E-state index in [9.17, 15) is 4.79 Å². The first kappa shape index (κ1) is 18.5. The second-order valence-corrected chi connectivity index (χ2v) is 7.66. The molecule has 3 rings (SSSR count). The van der Waals surface area contributed by atoms with Crippen LogP contribution in [-0.2, 0) is 14.9 Å². The van der Waals surface area contributed by atoms with Gasteiger partial charge in [-0.15, -0.1) is 0 Å². The van der Waals surface area contributed by atoms with Crippen molar-refractivity contribution in [2.45, 2.75) is 43.6 Å².